The van der Waals surface area contributed by atoms with Crippen molar-refractivity contribution in [3.63, 3.8) is 0 Å². The number of alkyl halides is 3. The average molecular weight is 427 g/mol. The van der Waals surface area contributed by atoms with Gasteiger partial charge in [-0.15, -0.1) is 0 Å². The number of hydrogen-bond donors (Lipinski definition) is 2. The van der Waals surface area contributed by atoms with E-state index in [-0.39, 0.29) is 17.6 Å². The molecule has 12 heteroatoms. The summed E-state index contributed by atoms with van der Waals surface area (Å²) in [6.45, 7) is 4.47. The number of carboxylic acids is 1. The van der Waals surface area contributed by atoms with Gasteiger partial charge in [-0.05, 0) is 30.2 Å². The predicted octanol–water partition coefficient (Wildman–Crippen LogP) is 2.93. The second-order valence-electron chi connectivity index (χ2n) is 6.11. The van der Waals surface area contributed by atoms with Crippen molar-refractivity contribution in [2.75, 3.05) is 11.6 Å². The van der Waals surface area contributed by atoms with Crippen molar-refractivity contribution in [1.29, 1.82) is 5.26 Å². The second-order valence-corrected chi connectivity index (χ2v) is 6.11. The molecule has 160 valence electrons. The largest absolute Gasteiger partial charge is 0.490 e. The van der Waals surface area contributed by atoms with Crippen LogP contribution in [-0.2, 0) is 4.79 Å². The Hall–Kier alpha value is -3.75. The van der Waals surface area contributed by atoms with E-state index >= 15 is 0 Å². The number of rotatable bonds is 5. The average Bonchev–Trinajstić information content (AvgIpc) is 2.67. The molecule has 0 saturated heterocycles. The van der Waals surface area contributed by atoms with Gasteiger partial charge in [-0.3, -0.25) is 15.2 Å². The van der Waals surface area contributed by atoms with Gasteiger partial charge < -0.3 is 5.11 Å². The van der Waals surface area contributed by atoms with E-state index in [1.54, 1.807) is 11.1 Å². The number of nitrogens with one attached hydrogen (secondary N) is 1. The van der Waals surface area contributed by atoms with E-state index in [0.29, 0.717) is 17.9 Å². The van der Waals surface area contributed by atoms with Gasteiger partial charge in [-0.2, -0.15) is 23.4 Å². The predicted molar refractivity (Wildman–Crippen MR) is 96.5 cm³/mol. The number of aliphatic carboxylic acids is 1. The zero-order chi connectivity index (χ0) is 22.9. The summed E-state index contributed by atoms with van der Waals surface area (Å²) in [5.74, 6) is -2.87. The third kappa shape index (κ3) is 8.09. The lowest BCUT2D eigenvalue weighted by molar-refractivity contribution is -0.192. The molecule has 0 fully saturated rings. The minimum Gasteiger partial charge on any atom is -0.475 e. The van der Waals surface area contributed by atoms with Gasteiger partial charge in [0.05, 0.1) is 0 Å². The van der Waals surface area contributed by atoms with Gasteiger partial charge in [0, 0.05) is 24.4 Å². The zero-order valence-electron chi connectivity index (χ0n) is 15.8. The summed E-state index contributed by atoms with van der Waals surface area (Å²) in [5, 5.41) is 17.6. The molecule has 2 N–H and O–H groups in total. The molecule has 1 aromatic heterocycles. The van der Waals surface area contributed by atoms with Crippen molar-refractivity contribution in [3.8, 4) is 6.07 Å². The molecule has 1 aromatic carbocycles. The summed E-state index contributed by atoms with van der Waals surface area (Å²) < 4.78 is 44.7. The van der Waals surface area contributed by atoms with Crippen LogP contribution in [0.15, 0.2) is 36.5 Å². The van der Waals surface area contributed by atoms with E-state index in [9.17, 15) is 22.4 Å². The highest BCUT2D eigenvalue weighted by atomic mass is 19.4. The molecule has 0 unspecified atom stereocenters. The van der Waals surface area contributed by atoms with E-state index in [1.165, 1.54) is 30.5 Å². The van der Waals surface area contributed by atoms with Crippen molar-refractivity contribution in [1.82, 2.24) is 15.4 Å². The first-order valence-electron chi connectivity index (χ1n) is 8.31. The third-order valence-corrected chi connectivity index (χ3v) is 3.15. The number of carbonyl (C=O) groups is 2. The van der Waals surface area contributed by atoms with Gasteiger partial charge in [0.25, 0.3) is 5.91 Å². The van der Waals surface area contributed by atoms with Crippen LogP contribution in [0.2, 0.25) is 0 Å². The molecule has 8 nitrogen and oxygen atoms in total. The number of amides is 1. The first-order valence-corrected chi connectivity index (χ1v) is 8.31. The Bertz CT molecular complexity index is 911. The molecule has 2 aromatic rings. The molecule has 2 rings (SSSR count). The fourth-order valence-electron chi connectivity index (χ4n) is 1.90. The Balaban J connectivity index is 0.000000553. The number of benzene rings is 1. The number of aromatic nitrogens is 2. The van der Waals surface area contributed by atoms with Gasteiger partial charge in [0.1, 0.15) is 11.9 Å². The van der Waals surface area contributed by atoms with Gasteiger partial charge in [0.2, 0.25) is 5.82 Å². The van der Waals surface area contributed by atoms with Crippen LogP contribution in [0.5, 0.6) is 0 Å². The van der Waals surface area contributed by atoms with Gasteiger partial charge in [-0.1, -0.05) is 13.8 Å². The van der Waals surface area contributed by atoms with Crippen LogP contribution in [0, 0.1) is 23.1 Å². The monoisotopic (exact) mass is 427 g/mol. The zero-order valence-corrected chi connectivity index (χ0v) is 15.8. The molecule has 0 bridgehead atoms. The number of hydrazine groups is 1. The lowest BCUT2D eigenvalue weighted by Gasteiger charge is -2.26. The summed E-state index contributed by atoms with van der Waals surface area (Å²) >= 11 is 0. The number of carbonyl (C=O) groups excluding carboxylic acids is 1. The molecule has 0 aliphatic rings. The number of nitrogens with zero attached hydrogens (tertiary/aromatic N) is 4. The number of carboxylic acid groups (broad SMARTS) is 1. The molecule has 0 aliphatic heterocycles. The number of anilines is 1. The Labute approximate surface area is 168 Å². The highest BCUT2D eigenvalue weighted by molar-refractivity contribution is 5.94. The molecular formula is C18H17F4N5O3. The lowest BCUT2D eigenvalue weighted by atomic mass is 10.2. The van der Waals surface area contributed by atoms with Crippen LogP contribution >= 0.6 is 0 Å². The summed E-state index contributed by atoms with van der Waals surface area (Å²) in [7, 11) is 0. The topological polar surface area (TPSA) is 119 Å². The van der Waals surface area contributed by atoms with Crippen LogP contribution in [0.4, 0.5) is 23.4 Å². The summed E-state index contributed by atoms with van der Waals surface area (Å²) in [6.07, 6.45) is -3.63. The van der Waals surface area contributed by atoms with Gasteiger partial charge in [-0.25, -0.2) is 14.2 Å². The van der Waals surface area contributed by atoms with Gasteiger partial charge in [0.15, 0.2) is 5.82 Å². The van der Waals surface area contributed by atoms with Crippen LogP contribution in [0.25, 0.3) is 0 Å². The van der Waals surface area contributed by atoms with E-state index < -0.39 is 18.0 Å². The molecule has 0 radical (unpaired) electrons. The fourth-order valence-corrected chi connectivity index (χ4v) is 1.90. The molecule has 0 saturated carbocycles. The summed E-state index contributed by atoms with van der Waals surface area (Å²) in [4.78, 5) is 29.1. The van der Waals surface area contributed by atoms with Crippen LogP contribution in [0.3, 0.4) is 0 Å². The van der Waals surface area contributed by atoms with Gasteiger partial charge >= 0.3 is 12.1 Å². The minimum atomic E-state index is -5.08. The maximum atomic E-state index is 12.9. The van der Waals surface area contributed by atoms with E-state index in [1.807, 2.05) is 19.9 Å². The Morgan fingerprint density at radius 2 is 1.80 bits per heavy atom. The second kappa shape index (κ2) is 10.7. The molecule has 0 aliphatic carbocycles. The van der Waals surface area contributed by atoms with Crippen LogP contribution in [-0.4, -0.2) is 39.7 Å². The highest BCUT2D eigenvalue weighted by Crippen LogP contribution is 2.13. The number of hydrogen-bond acceptors (Lipinski definition) is 6. The standard InChI is InChI=1S/C16H16FN5O.C2HF3O2/c1-11(2)10-22(15-7-8-19-14(9-18)20-15)21-16(23)12-3-5-13(17)6-4-12;3-2(4,5)1(6)7/h3-8,11H,10H2,1-2H3,(H,21,23);(H,6,7). The summed E-state index contributed by atoms with van der Waals surface area (Å²) in [5.41, 5.74) is 3.05. The lowest BCUT2D eigenvalue weighted by Crippen LogP contribution is -2.45. The summed E-state index contributed by atoms with van der Waals surface area (Å²) in [6, 6.07) is 8.72. The number of halogens is 4. The van der Waals surface area contributed by atoms with Crippen LogP contribution in [0.1, 0.15) is 30.0 Å². The Morgan fingerprint density at radius 3 is 2.27 bits per heavy atom. The molecule has 1 heterocycles. The molecule has 0 atom stereocenters. The first kappa shape index (κ1) is 24.3. The normalized spacial score (nSPS) is 10.5. The first-order chi connectivity index (χ1) is 13.9. The maximum Gasteiger partial charge on any atom is 0.490 e. The van der Waals surface area contributed by atoms with Crippen molar-refractivity contribution in [2.45, 2.75) is 20.0 Å². The van der Waals surface area contributed by atoms with Crippen LogP contribution < -0.4 is 10.4 Å². The fraction of sp³-hybridized carbons (Fsp3) is 0.278. The number of nitriles is 1. The van der Waals surface area contributed by atoms with Crippen molar-refractivity contribution in [2.24, 2.45) is 5.92 Å². The van der Waals surface area contributed by atoms with E-state index in [0.717, 1.165) is 0 Å². The highest BCUT2D eigenvalue weighted by Gasteiger charge is 2.38. The Morgan fingerprint density at radius 1 is 1.23 bits per heavy atom. The van der Waals surface area contributed by atoms with E-state index in [4.69, 9.17) is 15.2 Å². The van der Waals surface area contributed by atoms with Crippen molar-refractivity contribution >= 4 is 17.7 Å². The third-order valence-electron chi connectivity index (χ3n) is 3.15. The molecule has 0 spiro atoms. The Kier molecular flexibility index (Phi) is 8.66. The minimum absolute atomic E-state index is 0.0206. The van der Waals surface area contributed by atoms with E-state index in [2.05, 4.69) is 15.4 Å². The maximum absolute atomic E-state index is 12.9. The SMILES string of the molecule is CC(C)CN(NC(=O)c1ccc(F)cc1)c1ccnc(C#N)n1.O=C(O)C(F)(F)F. The molecular weight excluding hydrogens is 410 g/mol. The van der Waals surface area contributed by atoms with Crippen molar-refractivity contribution < 1.29 is 32.3 Å². The quantitative estimate of drug-likeness (QED) is 0.556. The molecule has 1 amide bonds. The van der Waals surface area contributed by atoms with Crippen molar-refractivity contribution in [3.05, 3.63) is 53.7 Å². The smallest absolute Gasteiger partial charge is 0.475 e. The molecule has 30 heavy (non-hydrogen) atoms.